The average Bonchev–Trinajstić information content (AvgIpc) is 3.12. The highest BCUT2D eigenvalue weighted by Crippen LogP contribution is 2.31. The van der Waals surface area contributed by atoms with E-state index in [0.717, 1.165) is 31.8 Å². The molecule has 2 saturated heterocycles. The van der Waals surface area contributed by atoms with Crippen molar-refractivity contribution in [2.75, 3.05) is 33.4 Å². The molecule has 9 heteroatoms. The first-order valence-electron chi connectivity index (χ1n) is 10.4. The molecule has 3 heterocycles. The zero-order valence-corrected chi connectivity index (χ0v) is 18.4. The second-order valence-corrected chi connectivity index (χ2v) is 9.49. The Morgan fingerprint density at radius 1 is 1.37 bits per heavy atom. The minimum absolute atomic E-state index is 0.0383. The van der Waals surface area contributed by atoms with Gasteiger partial charge in [-0.1, -0.05) is 11.6 Å². The summed E-state index contributed by atoms with van der Waals surface area (Å²) in [5, 5.41) is 3.39. The summed E-state index contributed by atoms with van der Waals surface area (Å²) in [7, 11) is 1.64. The number of ether oxygens (including phenoxy) is 1. The van der Waals surface area contributed by atoms with E-state index in [2.05, 4.69) is 25.1 Å². The van der Waals surface area contributed by atoms with Crippen molar-refractivity contribution in [1.82, 2.24) is 25.1 Å². The summed E-state index contributed by atoms with van der Waals surface area (Å²) in [5.41, 5.74) is 0.839. The molecule has 2 atom stereocenters. The maximum Gasteiger partial charge on any atom is 0.234 e. The molecule has 2 unspecified atom stereocenters. The standard InChI is InChI=1S/C21H29ClFN5O2/c1-21(2,12-30-3)26-19(29)11-28-14-4-5-15(28)9-27(8-14)10-18-24-17-7-13(23)6-16(22)20(17)25-18/h6-7,14-15H,4-5,8-12H2,1-3H3,(H,24,25)(H,26,29). The normalized spacial score (nSPS) is 22.7. The van der Waals surface area contributed by atoms with Crippen LogP contribution in [0, 0.1) is 5.82 Å². The van der Waals surface area contributed by atoms with Gasteiger partial charge in [-0.15, -0.1) is 0 Å². The van der Waals surface area contributed by atoms with Crippen LogP contribution >= 0.6 is 11.6 Å². The summed E-state index contributed by atoms with van der Waals surface area (Å²) in [4.78, 5) is 25.0. The van der Waals surface area contributed by atoms with Crippen molar-refractivity contribution < 1.29 is 13.9 Å². The summed E-state index contributed by atoms with van der Waals surface area (Å²) in [5.74, 6) is 0.446. The number of amides is 1. The largest absolute Gasteiger partial charge is 0.382 e. The molecule has 0 spiro atoms. The molecule has 2 aliphatic heterocycles. The van der Waals surface area contributed by atoms with E-state index < -0.39 is 0 Å². The molecule has 0 radical (unpaired) electrons. The number of fused-ring (bicyclic) bond motifs is 3. The zero-order chi connectivity index (χ0) is 21.5. The number of piperazine rings is 1. The van der Waals surface area contributed by atoms with Gasteiger partial charge in [0.05, 0.1) is 35.8 Å². The number of methoxy groups -OCH3 is 1. The van der Waals surface area contributed by atoms with Crippen LogP contribution in [0.3, 0.4) is 0 Å². The number of rotatable bonds is 7. The molecular formula is C21H29ClFN5O2. The first-order valence-corrected chi connectivity index (χ1v) is 10.7. The molecule has 2 bridgehead atoms. The van der Waals surface area contributed by atoms with E-state index in [9.17, 15) is 9.18 Å². The molecule has 30 heavy (non-hydrogen) atoms. The molecule has 1 aromatic heterocycles. The van der Waals surface area contributed by atoms with Crippen LogP contribution in [0.25, 0.3) is 11.0 Å². The quantitative estimate of drug-likeness (QED) is 0.696. The third kappa shape index (κ3) is 4.61. The monoisotopic (exact) mass is 437 g/mol. The molecule has 0 aliphatic carbocycles. The van der Waals surface area contributed by atoms with Gasteiger partial charge in [-0.3, -0.25) is 14.6 Å². The van der Waals surface area contributed by atoms with Crippen LogP contribution in [-0.4, -0.2) is 76.6 Å². The van der Waals surface area contributed by atoms with E-state index in [0.29, 0.717) is 47.8 Å². The predicted molar refractivity (Wildman–Crippen MR) is 114 cm³/mol. The molecule has 2 N–H and O–H groups in total. The number of halogens is 2. The van der Waals surface area contributed by atoms with Crippen molar-refractivity contribution in [3.05, 3.63) is 28.8 Å². The molecule has 1 amide bonds. The third-order valence-corrected chi connectivity index (χ3v) is 6.23. The second-order valence-electron chi connectivity index (χ2n) is 9.08. The Hall–Kier alpha value is -1.74. The van der Waals surface area contributed by atoms with Gasteiger partial charge in [0, 0.05) is 32.3 Å². The van der Waals surface area contributed by atoms with Crippen molar-refractivity contribution in [3.63, 3.8) is 0 Å². The van der Waals surface area contributed by atoms with Crippen LogP contribution in [0.4, 0.5) is 4.39 Å². The lowest BCUT2D eigenvalue weighted by molar-refractivity contribution is -0.126. The number of imidazole rings is 1. The number of aromatic amines is 1. The molecule has 1 aromatic carbocycles. The molecule has 2 aliphatic rings. The fourth-order valence-electron chi connectivity index (χ4n) is 4.82. The number of H-pyrrole nitrogens is 1. The minimum atomic E-state index is -0.380. The molecule has 164 valence electrons. The number of likely N-dealkylation sites (tertiary alicyclic amines) is 1. The highest BCUT2D eigenvalue weighted by molar-refractivity contribution is 6.34. The lowest BCUT2D eigenvalue weighted by atomic mass is 10.1. The maximum absolute atomic E-state index is 13.6. The Kier molecular flexibility index (Phi) is 6.03. The molecule has 4 rings (SSSR count). The van der Waals surface area contributed by atoms with Gasteiger partial charge in [0.25, 0.3) is 0 Å². The molecule has 2 fully saturated rings. The Balaban J connectivity index is 1.37. The Labute approximate surface area is 180 Å². The fraction of sp³-hybridized carbons (Fsp3) is 0.619. The average molecular weight is 438 g/mol. The lowest BCUT2D eigenvalue weighted by Crippen LogP contribution is -2.57. The Morgan fingerprint density at radius 2 is 2.07 bits per heavy atom. The number of aromatic nitrogens is 2. The summed E-state index contributed by atoms with van der Waals surface area (Å²) < 4.78 is 18.8. The van der Waals surface area contributed by atoms with Crippen molar-refractivity contribution in [3.8, 4) is 0 Å². The number of benzene rings is 1. The topological polar surface area (TPSA) is 73.5 Å². The van der Waals surface area contributed by atoms with Gasteiger partial charge < -0.3 is 15.0 Å². The van der Waals surface area contributed by atoms with Crippen molar-refractivity contribution in [2.24, 2.45) is 0 Å². The number of carbonyl (C=O) groups is 1. The van der Waals surface area contributed by atoms with Gasteiger partial charge in [0.15, 0.2) is 0 Å². The SMILES string of the molecule is COCC(C)(C)NC(=O)CN1C2CCC1CN(Cc1nc3c(Cl)cc(F)cc3[nH]1)C2. The fourth-order valence-corrected chi connectivity index (χ4v) is 5.07. The highest BCUT2D eigenvalue weighted by atomic mass is 35.5. The Bertz CT molecular complexity index is 920. The van der Waals surface area contributed by atoms with Crippen molar-refractivity contribution in [1.29, 1.82) is 0 Å². The van der Waals surface area contributed by atoms with E-state index >= 15 is 0 Å². The predicted octanol–water partition coefficient (Wildman–Crippen LogP) is 2.55. The van der Waals surface area contributed by atoms with Crippen LogP contribution in [-0.2, 0) is 16.1 Å². The molecular weight excluding hydrogens is 409 g/mol. The van der Waals surface area contributed by atoms with E-state index in [1.165, 1.54) is 12.1 Å². The number of hydrogen-bond acceptors (Lipinski definition) is 5. The number of nitrogens with one attached hydrogen (secondary N) is 2. The number of hydrogen-bond donors (Lipinski definition) is 2. The Morgan fingerprint density at radius 3 is 2.73 bits per heavy atom. The van der Waals surface area contributed by atoms with E-state index in [4.69, 9.17) is 16.3 Å². The second kappa shape index (κ2) is 8.42. The summed E-state index contributed by atoms with van der Waals surface area (Å²) in [6.07, 6.45) is 2.18. The van der Waals surface area contributed by atoms with Crippen LogP contribution in [0.5, 0.6) is 0 Å². The zero-order valence-electron chi connectivity index (χ0n) is 17.7. The van der Waals surface area contributed by atoms with Gasteiger partial charge in [0.2, 0.25) is 5.91 Å². The van der Waals surface area contributed by atoms with Crippen molar-refractivity contribution >= 4 is 28.5 Å². The van der Waals surface area contributed by atoms with Gasteiger partial charge >= 0.3 is 0 Å². The summed E-state index contributed by atoms with van der Waals surface area (Å²) >= 11 is 6.12. The van der Waals surface area contributed by atoms with Gasteiger partial charge in [-0.25, -0.2) is 9.37 Å². The molecule has 2 aromatic rings. The lowest BCUT2D eigenvalue weighted by Gasteiger charge is -2.40. The van der Waals surface area contributed by atoms with Crippen LogP contribution < -0.4 is 5.32 Å². The third-order valence-electron chi connectivity index (χ3n) is 5.95. The van der Waals surface area contributed by atoms with Gasteiger partial charge in [-0.2, -0.15) is 0 Å². The summed E-state index contributed by atoms with van der Waals surface area (Å²) in [6.45, 7) is 7.23. The smallest absolute Gasteiger partial charge is 0.234 e. The van der Waals surface area contributed by atoms with Gasteiger partial charge in [-0.05, 0) is 38.8 Å². The number of nitrogens with zero attached hydrogens (tertiary/aromatic N) is 3. The van der Waals surface area contributed by atoms with Crippen LogP contribution in [0.15, 0.2) is 12.1 Å². The van der Waals surface area contributed by atoms with Crippen molar-refractivity contribution in [2.45, 2.75) is 50.9 Å². The molecule has 7 nitrogen and oxygen atoms in total. The number of carbonyl (C=O) groups excluding carboxylic acids is 1. The maximum atomic E-state index is 13.6. The minimum Gasteiger partial charge on any atom is -0.382 e. The van der Waals surface area contributed by atoms with E-state index in [1.807, 2.05) is 13.8 Å². The van der Waals surface area contributed by atoms with E-state index in [1.54, 1.807) is 7.11 Å². The highest BCUT2D eigenvalue weighted by Gasteiger charge is 2.41. The van der Waals surface area contributed by atoms with Crippen LogP contribution in [0.2, 0.25) is 5.02 Å². The first-order chi connectivity index (χ1) is 14.2. The molecule has 0 saturated carbocycles. The van der Waals surface area contributed by atoms with Crippen LogP contribution in [0.1, 0.15) is 32.5 Å². The van der Waals surface area contributed by atoms with E-state index in [-0.39, 0.29) is 17.3 Å². The summed E-state index contributed by atoms with van der Waals surface area (Å²) in [6, 6.07) is 3.41. The first kappa shape index (κ1) is 21.5. The van der Waals surface area contributed by atoms with Gasteiger partial charge in [0.1, 0.15) is 17.2 Å².